The highest BCUT2D eigenvalue weighted by atomic mass is 33.1. The highest BCUT2D eigenvalue weighted by molar-refractivity contribution is 8.77. The number of carbonyl (C=O) groups excluding carboxylic acids is 4. The van der Waals surface area contributed by atoms with Crippen LogP contribution in [0.1, 0.15) is 58.1 Å². The largest absolute Gasteiger partial charge is 0.455 e. The summed E-state index contributed by atoms with van der Waals surface area (Å²) in [5.41, 5.74) is 1.06. The van der Waals surface area contributed by atoms with Crippen molar-refractivity contribution in [2.24, 2.45) is 0 Å². The number of hydrogen-bond donors (Lipinski definition) is 1. The van der Waals surface area contributed by atoms with Gasteiger partial charge >= 0.3 is 18.2 Å². The molecule has 11 heteroatoms. The van der Waals surface area contributed by atoms with Crippen molar-refractivity contribution in [2.45, 2.75) is 70.5 Å². The molecule has 9 nitrogen and oxygen atoms in total. The van der Waals surface area contributed by atoms with Crippen LogP contribution in [0.3, 0.4) is 0 Å². The van der Waals surface area contributed by atoms with E-state index in [4.69, 9.17) is 18.9 Å². The van der Waals surface area contributed by atoms with E-state index in [1.54, 1.807) is 21.6 Å². The lowest BCUT2D eigenvalue weighted by Gasteiger charge is -2.28. The van der Waals surface area contributed by atoms with Crippen LogP contribution in [0.25, 0.3) is 0 Å². The van der Waals surface area contributed by atoms with Gasteiger partial charge in [-0.2, -0.15) is 0 Å². The molecule has 0 heterocycles. The molecule has 0 aliphatic heterocycles. The second-order valence-corrected chi connectivity index (χ2v) is 13.5. The molecule has 0 atom stereocenters. The van der Waals surface area contributed by atoms with Crippen LogP contribution in [-0.2, 0) is 41.8 Å². The van der Waals surface area contributed by atoms with E-state index >= 15 is 0 Å². The van der Waals surface area contributed by atoms with Crippen molar-refractivity contribution in [3.8, 4) is 0 Å². The molecule has 224 valence electrons. The predicted molar refractivity (Wildman–Crippen MR) is 160 cm³/mol. The van der Waals surface area contributed by atoms with Gasteiger partial charge in [-0.15, -0.1) is 0 Å². The topological polar surface area (TPSA) is 117 Å². The zero-order chi connectivity index (χ0) is 30.1. The van der Waals surface area contributed by atoms with Crippen LogP contribution >= 0.6 is 21.6 Å². The monoisotopic (exact) mass is 605 g/mol. The smallest absolute Gasteiger partial charge is 0.416 e. The second-order valence-electron chi connectivity index (χ2n) is 10.3. The van der Waals surface area contributed by atoms with Crippen LogP contribution in [0.5, 0.6) is 0 Å². The number of rotatable bonds is 17. The van der Waals surface area contributed by atoms with E-state index < -0.39 is 29.5 Å². The van der Waals surface area contributed by atoms with E-state index in [9.17, 15) is 19.2 Å². The van der Waals surface area contributed by atoms with Crippen molar-refractivity contribution in [3.05, 3.63) is 71.8 Å². The highest BCUT2D eigenvalue weighted by Crippen LogP contribution is 2.38. The summed E-state index contributed by atoms with van der Waals surface area (Å²) in [6.07, 6.45) is -0.528. The van der Waals surface area contributed by atoms with Gasteiger partial charge < -0.3 is 18.9 Å². The number of hydrogen-bond acceptors (Lipinski definition) is 10. The first-order valence-electron chi connectivity index (χ1n) is 13.3. The van der Waals surface area contributed by atoms with Gasteiger partial charge in [-0.1, -0.05) is 82.3 Å². The van der Waals surface area contributed by atoms with Crippen molar-refractivity contribution < 1.29 is 38.1 Å². The number of ether oxygens (including phenoxy) is 4. The Hall–Kier alpha value is -3.02. The first kappa shape index (κ1) is 34.2. The fourth-order valence-electron chi connectivity index (χ4n) is 3.26. The molecular formula is C30H39NO8S2. The summed E-state index contributed by atoms with van der Waals surface area (Å²) in [5, 5.41) is 2.03. The fraction of sp³-hybridized carbons (Fsp3) is 0.467. The molecule has 41 heavy (non-hydrogen) atoms. The van der Waals surface area contributed by atoms with Crippen LogP contribution in [0.2, 0.25) is 0 Å². The molecule has 0 saturated heterocycles. The predicted octanol–water partition coefficient (Wildman–Crippen LogP) is 6.49. The summed E-state index contributed by atoms with van der Waals surface area (Å²) in [6.45, 7) is 8.70. The van der Waals surface area contributed by atoms with E-state index in [-0.39, 0.29) is 31.0 Å². The van der Waals surface area contributed by atoms with E-state index in [1.165, 1.54) is 0 Å². The molecule has 0 saturated carbocycles. The van der Waals surface area contributed by atoms with Gasteiger partial charge in [-0.25, -0.2) is 19.7 Å². The molecule has 0 aliphatic carbocycles. The SMILES string of the molecule is CC(C)(CCC(=O)C(=O)OCc1ccccc1)OCCC(C)(C)SSCCOC(=O)NC(=O)OCc1ccccc1. The van der Waals surface area contributed by atoms with Crippen molar-refractivity contribution in [3.63, 3.8) is 0 Å². The first-order chi connectivity index (χ1) is 19.5. The average molecular weight is 606 g/mol. The fourth-order valence-corrected chi connectivity index (χ4v) is 5.64. The van der Waals surface area contributed by atoms with Crippen molar-refractivity contribution >= 4 is 45.5 Å². The lowest BCUT2D eigenvalue weighted by atomic mass is 10.0. The number of imide groups is 1. The molecule has 0 unspecified atom stereocenters. The summed E-state index contributed by atoms with van der Waals surface area (Å²) in [5.74, 6) is -0.858. The van der Waals surface area contributed by atoms with E-state index in [2.05, 4.69) is 13.8 Å². The van der Waals surface area contributed by atoms with Gasteiger partial charge in [-0.3, -0.25) is 4.79 Å². The molecule has 2 rings (SSSR count). The molecule has 0 aliphatic rings. The minimum atomic E-state index is -0.864. The quantitative estimate of drug-likeness (QED) is 0.0705. The lowest BCUT2D eigenvalue weighted by Crippen LogP contribution is -2.32. The summed E-state index contributed by atoms with van der Waals surface area (Å²) in [4.78, 5) is 47.7. The zero-order valence-electron chi connectivity index (χ0n) is 24.0. The average Bonchev–Trinajstić information content (AvgIpc) is 2.94. The molecule has 1 N–H and O–H groups in total. The third-order valence-electron chi connectivity index (χ3n) is 5.69. The number of benzene rings is 2. The molecule has 2 aromatic carbocycles. The Balaban J connectivity index is 1.54. The Morgan fingerprint density at radius 3 is 1.90 bits per heavy atom. The maximum Gasteiger partial charge on any atom is 0.416 e. The number of amides is 2. The molecule has 0 bridgehead atoms. The van der Waals surface area contributed by atoms with E-state index in [1.807, 2.05) is 79.8 Å². The van der Waals surface area contributed by atoms with Gasteiger partial charge in [0, 0.05) is 23.5 Å². The summed E-state index contributed by atoms with van der Waals surface area (Å²) in [7, 11) is 3.20. The normalized spacial score (nSPS) is 11.4. The lowest BCUT2D eigenvalue weighted by molar-refractivity contribution is -0.155. The van der Waals surface area contributed by atoms with Gasteiger partial charge in [0.15, 0.2) is 0 Å². The number of nitrogens with one attached hydrogen (secondary N) is 1. The second kappa shape index (κ2) is 17.7. The van der Waals surface area contributed by atoms with Crippen molar-refractivity contribution in [1.29, 1.82) is 0 Å². The molecule has 0 radical (unpaired) electrons. The number of Topliss-reactive ketones (excluding diaryl/α,β-unsaturated/α-hetero) is 1. The van der Waals surface area contributed by atoms with Crippen molar-refractivity contribution in [1.82, 2.24) is 5.32 Å². The molecule has 0 spiro atoms. The van der Waals surface area contributed by atoms with Crippen LogP contribution in [0.15, 0.2) is 60.7 Å². The Bertz CT molecular complexity index is 1110. The summed E-state index contributed by atoms with van der Waals surface area (Å²) in [6, 6.07) is 18.3. The molecule has 0 aromatic heterocycles. The molecule has 0 fully saturated rings. The van der Waals surface area contributed by atoms with E-state index in [0.29, 0.717) is 18.8 Å². The van der Waals surface area contributed by atoms with Crippen molar-refractivity contribution in [2.75, 3.05) is 19.0 Å². The Kier molecular flexibility index (Phi) is 14.8. The Morgan fingerprint density at radius 1 is 0.732 bits per heavy atom. The van der Waals surface area contributed by atoms with Gasteiger partial charge in [-0.05, 0) is 51.7 Å². The standard InChI is InChI=1S/C30H39NO8S2/c1-29(2,16-15-25(32)26(33)37-21-23-11-7-5-8-12-23)39-18-17-30(3,4)41-40-20-19-36-27(34)31-28(35)38-22-24-13-9-6-10-14-24/h5-14H,15-22H2,1-4H3,(H,31,34,35). The highest BCUT2D eigenvalue weighted by Gasteiger charge is 2.26. The molecule has 2 aromatic rings. The Labute approximate surface area is 249 Å². The number of ketones is 1. The van der Waals surface area contributed by atoms with E-state index in [0.717, 1.165) is 17.5 Å². The van der Waals surface area contributed by atoms with Crippen LogP contribution in [0, 0.1) is 0 Å². The molecular weight excluding hydrogens is 566 g/mol. The van der Waals surface area contributed by atoms with Crippen LogP contribution in [-0.4, -0.2) is 53.3 Å². The third kappa shape index (κ3) is 15.5. The number of carbonyl (C=O) groups is 4. The maximum absolute atomic E-state index is 12.2. The Morgan fingerprint density at radius 2 is 1.29 bits per heavy atom. The minimum absolute atomic E-state index is 0.0486. The van der Waals surface area contributed by atoms with Crippen LogP contribution < -0.4 is 5.32 Å². The van der Waals surface area contributed by atoms with Gasteiger partial charge in [0.25, 0.3) is 0 Å². The third-order valence-corrected chi connectivity index (χ3v) is 9.01. The van der Waals surface area contributed by atoms with Gasteiger partial charge in [0.2, 0.25) is 5.78 Å². The number of esters is 1. The molecule has 2 amide bonds. The summed E-state index contributed by atoms with van der Waals surface area (Å²) < 4.78 is 21.0. The number of alkyl carbamates (subject to hydrolysis) is 2. The minimum Gasteiger partial charge on any atom is -0.455 e. The zero-order valence-corrected chi connectivity index (χ0v) is 25.6. The van der Waals surface area contributed by atoms with Crippen LogP contribution in [0.4, 0.5) is 9.59 Å². The summed E-state index contributed by atoms with van der Waals surface area (Å²) >= 11 is 0. The maximum atomic E-state index is 12.2. The first-order valence-corrected chi connectivity index (χ1v) is 15.6. The van der Waals surface area contributed by atoms with Gasteiger partial charge in [0.05, 0.1) is 5.60 Å². The van der Waals surface area contributed by atoms with Gasteiger partial charge in [0.1, 0.15) is 19.8 Å².